The Hall–Kier alpha value is -3.07. The van der Waals surface area contributed by atoms with Gasteiger partial charge in [-0.1, -0.05) is 12.1 Å². The number of anilines is 1. The van der Waals surface area contributed by atoms with Crippen molar-refractivity contribution in [2.24, 2.45) is 5.92 Å². The van der Waals surface area contributed by atoms with E-state index >= 15 is 0 Å². The van der Waals surface area contributed by atoms with Crippen LogP contribution in [0.15, 0.2) is 41.3 Å². The molecule has 0 aliphatic carbocycles. The molecule has 1 amide bonds. The van der Waals surface area contributed by atoms with Crippen LogP contribution in [0, 0.1) is 26.7 Å². The van der Waals surface area contributed by atoms with Crippen molar-refractivity contribution in [3.05, 3.63) is 53.1 Å². The SMILES string of the molecule is CCOC(=O)C1CCN(C(=O)CN(c2ccc(C)c(C)c2)S(=O)(=O)c2cc(C)ccc2OC)CC1. The monoisotopic (exact) mass is 502 g/mol. The van der Waals surface area contributed by atoms with Crippen molar-refractivity contribution in [2.45, 2.75) is 45.4 Å². The molecule has 3 rings (SSSR count). The number of rotatable bonds is 8. The average molecular weight is 503 g/mol. The summed E-state index contributed by atoms with van der Waals surface area (Å²) < 4.78 is 39.4. The first-order valence-corrected chi connectivity index (χ1v) is 13.2. The highest BCUT2D eigenvalue weighted by molar-refractivity contribution is 7.93. The van der Waals surface area contributed by atoms with Crippen LogP contribution < -0.4 is 9.04 Å². The first-order valence-electron chi connectivity index (χ1n) is 11.8. The smallest absolute Gasteiger partial charge is 0.309 e. The maximum atomic E-state index is 13.9. The summed E-state index contributed by atoms with van der Waals surface area (Å²) in [4.78, 5) is 27.0. The van der Waals surface area contributed by atoms with Crippen LogP contribution in [-0.4, -0.2) is 58.5 Å². The molecule has 0 saturated carbocycles. The fourth-order valence-electron chi connectivity index (χ4n) is 4.15. The van der Waals surface area contributed by atoms with Crippen LogP contribution in [-0.2, 0) is 24.3 Å². The van der Waals surface area contributed by atoms with E-state index < -0.39 is 10.0 Å². The Kier molecular flexibility index (Phi) is 8.43. The molecule has 1 aliphatic rings. The van der Waals surface area contributed by atoms with Gasteiger partial charge in [0.1, 0.15) is 17.2 Å². The summed E-state index contributed by atoms with van der Waals surface area (Å²) in [6, 6.07) is 10.3. The highest BCUT2D eigenvalue weighted by atomic mass is 32.2. The second-order valence-corrected chi connectivity index (χ2v) is 10.7. The molecule has 0 radical (unpaired) electrons. The lowest BCUT2D eigenvalue weighted by Gasteiger charge is -2.33. The molecule has 9 heteroatoms. The van der Waals surface area contributed by atoms with Gasteiger partial charge < -0.3 is 14.4 Å². The number of sulfonamides is 1. The standard InChI is InChI=1S/C26H34N2O6S/c1-6-34-26(30)21-11-13-27(14-12-21)25(29)17-28(22-9-8-19(3)20(4)16-22)35(31,32)24-15-18(2)7-10-23(24)33-5/h7-10,15-16,21H,6,11-14,17H2,1-5H3. The first kappa shape index (κ1) is 26.5. The van der Waals surface area contributed by atoms with Gasteiger partial charge in [0.2, 0.25) is 5.91 Å². The summed E-state index contributed by atoms with van der Waals surface area (Å²) in [7, 11) is -2.71. The number of aryl methyl sites for hydroxylation is 3. The fourth-order valence-corrected chi connectivity index (χ4v) is 5.80. The Morgan fingerprint density at radius 3 is 2.31 bits per heavy atom. The van der Waals surface area contributed by atoms with E-state index in [4.69, 9.17) is 9.47 Å². The number of likely N-dealkylation sites (tertiary alicyclic amines) is 1. The highest BCUT2D eigenvalue weighted by Crippen LogP contribution is 2.32. The van der Waals surface area contributed by atoms with E-state index in [9.17, 15) is 18.0 Å². The van der Waals surface area contributed by atoms with E-state index in [1.807, 2.05) is 19.9 Å². The van der Waals surface area contributed by atoms with Crippen LogP contribution in [0.2, 0.25) is 0 Å². The van der Waals surface area contributed by atoms with Crippen molar-refractivity contribution in [2.75, 3.05) is 37.7 Å². The number of hydrogen-bond donors (Lipinski definition) is 0. The Morgan fingerprint density at radius 2 is 1.71 bits per heavy atom. The molecule has 0 aromatic heterocycles. The fraction of sp³-hybridized carbons (Fsp3) is 0.462. The van der Waals surface area contributed by atoms with Gasteiger partial charge in [0.25, 0.3) is 10.0 Å². The van der Waals surface area contributed by atoms with Gasteiger partial charge in [-0.05, 0) is 81.5 Å². The number of nitrogens with zero attached hydrogens (tertiary/aromatic N) is 2. The summed E-state index contributed by atoms with van der Waals surface area (Å²) >= 11 is 0. The third-order valence-corrected chi connectivity index (χ3v) is 8.21. The molecule has 8 nitrogen and oxygen atoms in total. The molecule has 35 heavy (non-hydrogen) atoms. The van der Waals surface area contributed by atoms with E-state index in [0.717, 1.165) is 21.0 Å². The van der Waals surface area contributed by atoms with Crippen molar-refractivity contribution in [1.82, 2.24) is 4.90 Å². The van der Waals surface area contributed by atoms with Crippen molar-refractivity contribution in [1.29, 1.82) is 0 Å². The molecular weight excluding hydrogens is 468 g/mol. The third-order valence-electron chi connectivity index (χ3n) is 6.41. The maximum absolute atomic E-state index is 13.9. The number of ether oxygens (including phenoxy) is 2. The van der Waals surface area contributed by atoms with E-state index in [0.29, 0.717) is 38.2 Å². The molecule has 1 heterocycles. The number of carbonyl (C=O) groups excluding carboxylic acids is 2. The van der Waals surface area contributed by atoms with Gasteiger partial charge in [-0.25, -0.2) is 8.42 Å². The molecule has 0 atom stereocenters. The molecule has 2 aromatic carbocycles. The second-order valence-electron chi connectivity index (χ2n) is 8.84. The quantitative estimate of drug-likeness (QED) is 0.512. The van der Waals surface area contributed by atoms with Gasteiger partial charge in [-0.3, -0.25) is 13.9 Å². The summed E-state index contributed by atoms with van der Waals surface area (Å²) in [5, 5.41) is 0. The molecule has 0 unspecified atom stereocenters. The summed E-state index contributed by atoms with van der Waals surface area (Å²) in [6.45, 7) is 8.13. The zero-order valence-electron chi connectivity index (χ0n) is 21.0. The van der Waals surface area contributed by atoms with Crippen molar-refractivity contribution in [3.63, 3.8) is 0 Å². The van der Waals surface area contributed by atoms with E-state index in [1.54, 1.807) is 49.1 Å². The molecular formula is C26H34N2O6S. The molecule has 2 aromatic rings. The van der Waals surface area contributed by atoms with E-state index in [2.05, 4.69) is 0 Å². The van der Waals surface area contributed by atoms with Crippen molar-refractivity contribution < 1.29 is 27.5 Å². The van der Waals surface area contributed by atoms with Gasteiger partial charge >= 0.3 is 5.97 Å². The Balaban J connectivity index is 1.92. The summed E-state index contributed by atoms with van der Waals surface area (Å²) in [5.74, 6) is -0.589. The number of esters is 1. The molecule has 190 valence electrons. The topological polar surface area (TPSA) is 93.2 Å². The van der Waals surface area contributed by atoms with Crippen LogP contribution in [0.3, 0.4) is 0 Å². The highest BCUT2D eigenvalue weighted by Gasteiger charge is 2.34. The Bertz CT molecular complexity index is 1190. The van der Waals surface area contributed by atoms with Crippen LogP contribution in [0.5, 0.6) is 5.75 Å². The zero-order chi connectivity index (χ0) is 25.8. The molecule has 1 aliphatic heterocycles. The van der Waals surface area contributed by atoms with Crippen LogP contribution in [0.1, 0.15) is 36.5 Å². The summed E-state index contributed by atoms with van der Waals surface area (Å²) in [5.41, 5.74) is 3.11. The Morgan fingerprint density at radius 1 is 1.03 bits per heavy atom. The number of methoxy groups -OCH3 is 1. The maximum Gasteiger partial charge on any atom is 0.309 e. The minimum Gasteiger partial charge on any atom is -0.495 e. The molecule has 0 N–H and O–H groups in total. The predicted octanol–water partition coefficient (Wildman–Crippen LogP) is 3.62. The number of piperidine rings is 1. The van der Waals surface area contributed by atoms with Crippen LogP contribution >= 0.6 is 0 Å². The average Bonchev–Trinajstić information content (AvgIpc) is 2.84. The molecule has 1 fully saturated rings. The van der Waals surface area contributed by atoms with Gasteiger partial charge in [0, 0.05) is 13.1 Å². The molecule has 1 saturated heterocycles. The predicted molar refractivity (Wildman–Crippen MR) is 134 cm³/mol. The van der Waals surface area contributed by atoms with Crippen molar-refractivity contribution >= 4 is 27.6 Å². The molecule has 0 bridgehead atoms. The third kappa shape index (κ3) is 5.96. The Labute approximate surface area is 207 Å². The molecule has 0 spiro atoms. The summed E-state index contributed by atoms with van der Waals surface area (Å²) in [6.07, 6.45) is 0.985. The lowest BCUT2D eigenvalue weighted by atomic mass is 9.97. The van der Waals surface area contributed by atoms with Crippen LogP contribution in [0.25, 0.3) is 0 Å². The van der Waals surface area contributed by atoms with Crippen molar-refractivity contribution in [3.8, 4) is 5.75 Å². The lowest BCUT2D eigenvalue weighted by Crippen LogP contribution is -2.46. The van der Waals surface area contributed by atoms with E-state index in [1.165, 1.54) is 7.11 Å². The zero-order valence-corrected chi connectivity index (χ0v) is 21.9. The van der Waals surface area contributed by atoms with Gasteiger partial charge in [0.05, 0.1) is 25.3 Å². The van der Waals surface area contributed by atoms with E-state index in [-0.39, 0.29) is 35.0 Å². The minimum atomic E-state index is -4.13. The largest absolute Gasteiger partial charge is 0.495 e. The first-order chi connectivity index (χ1) is 16.6. The lowest BCUT2D eigenvalue weighted by molar-refractivity contribution is -0.151. The number of amides is 1. The number of carbonyl (C=O) groups is 2. The number of hydrogen-bond acceptors (Lipinski definition) is 6. The number of benzene rings is 2. The minimum absolute atomic E-state index is 0.00653. The van der Waals surface area contributed by atoms with Crippen LogP contribution in [0.4, 0.5) is 5.69 Å². The van der Waals surface area contributed by atoms with Gasteiger partial charge in [-0.15, -0.1) is 0 Å². The normalized spacial score (nSPS) is 14.5. The second kappa shape index (κ2) is 11.1. The van der Waals surface area contributed by atoms with Gasteiger partial charge in [-0.2, -0.15) is 0 Å². The van der Waals surface area contributed by atoms with Gasteiger partial charge in [0.15, 0.2) is 0 Å².